The first-order valence-electron chi connectivity index (χ1n) is 6.08. The minimum atomic E-state index is -3.57. The molecule has 0 aliphatic carbocycles. The van der Waals surface area contributed by atoms with Crippen LogP contribution in [0.25, 0.3) is 0 Å². The lowest BCUT2D eigenvalue weighted by atomic mass is 9.96. The Morgan fingerprint density at radius 1 is 1.30 bits per heavy atom. The molecule has 114 valence electrons. The van der Waals surface area contributed by atoms with Crippen LogP contribution >= 0.6 is 35.6 Å². The predicted octanol–water partition coefficient (Wildman–Crippen LogP) is 2.69. The Morgan fingerprint density at radius 3 is 2.60 bits per heavy atom. The first kappa shape index (κ1) is 18.0. The van der Waals surface area contributed by atoms with Gasteiger partial charge in [-0.1, -0.05) is 30.1 Å². The molecule has 0 bridgehead atoms. The van der Waals surface area contributed by atoms with Gasteiger partial charge in [0.25, 0.3) is 0 Å². The molecule has 1 aromatic rings. The molecule has 4 nitrogen and oxygen atoms in total. The molecule has 0 saturated carbocycles. The van der Waals surface area contributed by atoms with E-state index in [1.165, 1.54) is 18.2 Å². The topological polar surface area (TPSA) is 58.2 Å². The van der Waals surface area contributed by atoms with Crippen molar-refractivity contribution >= 4 is 45.6 Å². The summed E-state index contributed by atoms with van der Waals surface area (Å²) >= 11 is 11.6. The van der Waals surface area contributed by atoms with E-state index in [1.807, 2.05) is 6.92 Å². The van der Waals surface area contributed by atoms with Crippen molar-refractivity contribution in [3.05, 3.63) is 28.2 Å². The van der Waals surface area contributed by atoms with E-state index in [9.17, 15) is 8.42 Å². The second-order valence-corrected chi connectivity index (χ2v) is 7.30. The van der Waals surface area contributed by atoms with Crippen LogP contribution in [0.5, 0.6) is 0 Å². The van der Waals surface area contributed by atoms with Crippen LogP contribution in [-0.4, -0.2) is 27.5 Å². The Morgan fingerprint density at radius 2 is 2.00 bits per heavy atom. The minimum absolute atomic E-state index is 0. The Kier molecular flexibility index (Phi) is 6.57. The van der Waals surface area contributed by atoms with Gasteiger partial charge in [-0.3, -0.25) is 0 Å². The van der Waals surface area contributed by atoms with Crippen LogP contribution < -0.4 is 10.0 Å². The summed E-state index contributed by atoms with van der Waals surface area (Å²) in [5, 5.41) is 3.76. The van der Waals surface area contributed by atoms with Gasteiger partial charge in [-0.2, -0.15) is 0 Å². The average molecular weight is 360 g/mol. The molecule has 8 heteroatoms. The Hall–Kier alpha value is -0.0400. The largest absolute Gasteiger partial charge is 0.315 e. The molecule has 20 heavy (non-hydrogen) atoms. The van der Waals surface area contributed by atoms with Gasteiger partial charge in [0.1, 0.15) is 0 Å². The van der Waals surface area contributed by atoms with Crippen molar-refractivity contribution < 1.29 is 8.42 Å². The summed E-state index contributed by atoms with van der Waals surface area (Å²) in [4.78, 5) is 0.139. The highest BCUT2D eigenvalue weighted by molar-refractivity contribution is 7.89. The third-order valence-electron chi connectivity index (χ3n) is 3.34. The molecule has 0 amide bonds. The molecule has 2 N–H and O–H groups in total. The summed E-state index contributed by atoms with van der Waals surface area (Å²) in [6.07, 6.45) is 0.953. The molecule has 0 spiro atoms. The van der Waals surface area contributed by atoms with Crippen LogP contribution in [0, 0.1) is 5.92 Å². The van der Waals surface area contributed by atoms with Gasteiger partial charge in [-0.25, -0.2) is 13.1 Å². The molecule has 0 radical (unpaired) electrons. The van der Waals surface area contributed by atoms with Gasteiger partial charge in [0.05, 0.1) is 14.9 Å². The van der Waals surface area contributed by atoms with Crippen molar-refractivity contribution in [2.45, 2.75) is 24.3 Å². The van der Waals surface area contributed by atoms with Crippen molar-refractivity contribution in [1.29, 1.82) is 0 Å². The van der Waals surface area contributed by atoms with Gasteiger partial charge in [-0.15, -0.1) is 12.4 Å². The number of rotatable bonds is 3. The summed E-state index contributed by atoms with van der Waals surface area (Å²) < 4.78 is 27.3. The van der Waals surface area contributed by atoms with E-state index in [-0.39, 0.29) is 28.4 Å². The van der Waals surface area contributed by atoms with Crippen LogP contribution in [0.1, 0.15) is 13.3 Å². The van der Waals surface area contributed by atoms with Crippen LogP contribution in [0.2, 0.25) is 10.0 Å². The van der Waals surface area contributed by atoms with E-state index in [1.54, 1.807) is 0 Å². The highest BCUT2D eigenvalue weighted by atomic mass is 35.5. The number of nitrogens with one attached hydrogen (secondary N) is 2. The van der Waals surface area contributed by atoms with Crippen molar-refractivity contribution in [1.82, 2.24) is 10.0 Å². The number of sulfonamides is 1. The van der Waals surface area contributed by atoms with Gasteiger partial charge < -0.3 is 5.32 Å². The van der Waals surface area contributed by atoms with Crippen molar-refractivity contribution in [3.8, 4) is 0 Å². The fourth-order valence-corrected chi connectivity index (χ4v) is 3.79. The lowest BCUT2D eigenvalue weighted by Gasteiger charge is -2.30. The first-order chi connectivity index (χ1) is 8.90. The maximum Gasteiger partial charge on any atom is 0.240 e. The van der Waals surface area contributed by atoms with E-state index < -0.39 is 10.0 Å². The molecule has 2 unspecified atom stereocenters. The summed E-state index contributed by atoms with van der Waals surface area (Å²) in [7, 11) is -3.57. The van der Waals surface area contributed by atoms with E-state index in [0.29, 0.717) is 17.5 Å². The zero-order chi connectivity index (χ0) is 14.0. The normalized spacial score (nSPS) is 23.1. The van der Waals surface area contributed by atoms with Gasteiger partial charge in [0, 0.05) is 12.6 Å². The molecule has 1 fully saturated rings. The van der Waals surface area contributed by atoms with E-state index in [2.05, 4.69) is 10.0 Å². The van der Waals surface area contributed by atoms with E-state index in [0.717, 1.165) is 13.0 Å². The summed E-state index contributed by atoms with van der Waals surface area (Å²) in [5.41, 5.74) is 0. The quantitative estimate of drug-likeness (QED) is 0.872. The smallest absolute Gasteiger partial charge is 0.240 e. The lowest BCUT2D eigenvalue weighted by Crippen LogP contribution is -2.50. The Bertz CT molecular complexity index is 566. The molecular formula is C12H17Cl3N2O2S. The van der Waals surface area contributed by atoms with Crippen LogP contribution in [-0.2, 0) is 10.0 Å². The number of halogens is 3. The summed E-state index contributed by atoms with van der Waals surface area (Å²) in [6, 6.07) is 4.21. The van der Waals surface area contributed by atoms with Crippen LogP contribution in [0.15, 0.2) is 23.1 Å². The molecule has 2 atom stereocenters. The molecule has 1 saturated heterocycles. The molecule has 1 aromatic carbocycles. The van der Waals surface area contributed by atoms with Gasteiger partial charge >= 0.3 is 0 Å². The first-order valence-corrected chi connectivity index (χ1v) is 8.32. The zero-order valence-corrected chi connectivity index (χ0v) is 14.0. The third-order valence-corrected chi connectivity index (χ3v) is 5.56. The average Bonchev–Trinajstić information content (AvgIpc) is 2.35. The highest BCUT2D eigenvalue weighted by Gasteiger charge is 2.26. The number of benzene rings is 1. The van der Waals surface area contributed by atoms with Crippen LogP contribution in [0.4, 0.5) is 0 Å². The van der Waals surface area contributed by atoms with E-state index in [4.69, 9.17) is 23.2 Å². The number of hydrogen-bond donors (Lipinski definition) is 2. The van der Waals surface area contributed by atoms with Crippen LogP contribution in [0.3, 0.4) is 0 Å². The number of hydrogen-bond acceptors (Lipinski definition) is 3. The second kappa shape index (κ2) is 7.29. The van der Waals surface area contributed by atoms with Gasteiger partial charge in [0.15, 0.2) is 0 Å². The molecule has 1 heterocycles. The fraction of sp³-hybridized carbons (Fsp3) is 0.500. The minimum Gasteiger partial charge on any atom is -0.315 e. The standard InChI is InChI=1S/C12H16Cl2N2O2S.ClH/c1-8-4-5-15-7-12(8)16-19(17,18)9-2-3-10(13)11(14)6-9;/h2-3,6,8,12,15-16H,4-5,7H2,1H3;1H. The van der Waals surface area contributed by atoms with Gasteiger partial charge in [-0.05, 0) is 37.1 Å². The molecule has 2 rings (SSSR count). The molecule has 0 aromatic heterocycles. The zero-order valence-electron chi connectivity index (χ0n) is 10.9. The Balaban J connectivity index is 0.00000200. The maximum atomic E-state index is 12.3. The SMILES string of the molecule is CC1CCNCC1NS(=O)(=O)c1ccc(Cl)c(Cl)c1.Cl. The summed E-state index contributed by atoms with van der Waals surface area (Å²) in [5.74, 6) is 0.304. The van der Waals surface area contributed by atoms with Crippen molar-refractivity contribution in [3.63, 3.8) is 0 Å². The van der Waals surface area contributed by atoms with Crippen molar-refractivity contribution in [2.75, 3.05) is 13.1 Å². The third kappa shape index (κ3) is 4.23. The monoisotopic (exact) mass is 358 g/mol. The molecular weight excluding hydrogens is 343 g/mol. The Labute approximate surface area is 135 Å². The number of piperidine rings is 1. The fourth-order valence-electron chi connectivity index (χ4n) is 2.06. The second-order valence-electron chi connectivity index (χ2n) is 4.77. The van der Waals surface area contributed by atoms with E-state index >= 15 is 0 Å². The lowest BCUT2D eigenvalue weighted by molar-refractivity contribution is 0.327. The molecule has 1 aliphatic heterocycles. The van der Waals surface area contributed by atoms with Crippen molar-refractivity contribution in [2.24, 2.45) is 5.92 Å². The maximum absolute atomic E-state index is 12.3. The highest BCUT2D eigenvalue weighted by Crippen LogP contribution is 2.25. The molecule has 1 aliphatic rings. The van der Waals surface area contributed by atoms with Gasteiger partial charge in [0.2, 0.25) is 10.0 Å². The predicted molar refractivity (Wildman–Crippen MR) is 84.5 cm³/mol. The summed E-state index contributed by atoms with van der Waals surface area (Å²) in [6.45, 7) is 3.61.